The third kappa shape index (κ3) is 4.78. The first-order chi connectivity index (χ1) is 16.7. The largest absolute Gasteiger partial charge is 0.504 e. The zero-order valence-electron chi connectivity index (χ0n) is 19.6. The summed E-state index contributed by atoms with van der Waals surface area (Å²) in [4.78, 5) is 0. The van der Waals surface area contributed by atoms with Crippen molar-refractivity contribution in [1.29, 1.82) is 0 Å². The minimum Gasteiger partial charge on any atom is -0.504 e. The molecule has 0 spiro atoms. The molecule has 4 heteroatoms. The summed E-state index contributed by atoms with van der Waals surface area (Å²) in [6.45, 7) is 0.484. The summed E-state index contributed by atoms with van der Waals surface area (Å²) in [6.07, 6.45) is 1.72. The number of phenolic OH excluding ortho intramolecular Hbond substituents is 1. The fourth-order valence-corrected chi connectivity index (χ4v) is 4.34. The Morgan fingerprint density at radius 2 is 1.26 bits per heavy atom. The van der Waals surface area contributed by atoms with Crippen LogP contribution >= 0.6 is 0 Å². The van der Waals surface area contributed by atoms with Crippen molar-refractivity contribution >= 4 is 0 Å². The average Bonchev–Trinajstić information content (AvgIpc) is 2.91. The number of hydrogen-bond donors (Lipinski definition) is 1. The predicted molar refractivity (Wildman–Crippen MR) is 135 cm³/mol. The van der Waals surface area contributed by atoms with Crippen LogP contribution in [-0.2, 0) is 16.8 Å². The third-order valence-electron chi connectivity index (χ3n) is 6.02. The van der Waals surface area contributed by atoms with E-state index in [1.165, 1.54) is 12.7 Å². The van der Waals surface area contributed by atoms with Crippen LogP contribution in [0.15, 0.2) is 103 Å². The molecule has 0 bridgehead atoms. The Balaban J connectivity index is 1.84. The molecule has 0 unspecified atom stereocenters. The lowest BCUT2D eigenvalue weighted by Gasteiger charge is -2.36. The Morgan fingerprint density at radius 3 is 1.79 bits per heavy atom. The second-order valence-electron chi connectivity index (χ2n) is 8.08. The summed E-state index contributed by atoms with van der Waals surface area (Å²) in [5.74, 6) is 0.936. The van der Waals surface area contributed by atoms with Gasteiger partial charge in [0.1, 0.15) is 11.4 Å². The van der Waals surface area contributed by atoms with Crippen LogP contribution in [0, 0.1) is 0 Å². The molecule has 4 aromatic carbocycles. The quantitative estimate of drug-likeness (QED) is 0.224. The van der Waals surface area contributed by atoms with Crippen LogP contribution in [0.2, 0.25) is 0 Å². The molecule has 0 saturated heterocycles. The molecule has 174 valence electrons. The second kappa shape index (κ2) is 10.9. The van der Waals surface area contributed by atoms with Gasteiger partial charge in [0.25, 0.3) is 0 Å². The van der Waals surface area contributed by atoms with Crippen LogP contribution in [0.25, 0.3) is 0 Å². The molecule has 0 radical (unpaired) electrons. The van der Waals surface area contributed by atoms with E-state index in [-0.39, 0.29) is 5.75 Å². The first kappa shape index (κ1) is 23.4. The number of benzene rings is 4. The molecular weight excluding hydrogens is 424 g/mol. The second-order valence-corrected chi connectivity index (χ2v) is 8.08. The van der Waals surface area contributed by atoms with Crippen molar-refractivity contribution in [3.63, 3.8) is 0 Å². The lowest BCUT2D eigenvalue weighted by atomic mass is 9.79. The molecule has 4 nitrogen and oxygen atoms in total. The van der Waals surface area contributed by atoms with Gasteiger partial charge in [-0.05, 0) is 35.6 Å². The number of aryl methyl sites for hydroxylation is 1. The SMILES string of the molecule is COc1cc(OC)c(O)c(C(OCCCc2ccccc2)(c2ccccc2)c2ccccc2)c1. The van der Waals surface area contributed by atoms with Crippen LogP contribution in [0.3, 0.4) is 0 Å². The summed E-state index contributed by atoms with van der Waals surface area (Å²) in [5, 5.41) is 11.3. The highest BCUT2D eigenvalue weighted by Crippen LogP contribution is 2.48. The van der Waals surface area contributed by atoms with Gasteiger partial charge in [0.05, 0.1) is 14.2 Å². The zero-order valence-corrected chi connectivity index (χ0v) is 19.6. The Hall–Kier alpha value is -3.76. The highest BCUT2D eigenvalue weighted by atomic mass is 16.5. The molecule has 0 aromatic heterocycles. The van der Waals surface area contributed by atoms with Crippen LogP contribution in [0.1, 0.15) is 28.7 Å². The van der Waals surface area contributed by atoms with E-state index in [0.717, 1.165) is 24.0 Å². The number of aromatic hydroxyl groups is 1. The van der Waals surface area contributed by atoms with Crippen LogP contribution < -0.4 is 9.47 Å². The molecule has 0 aliphatic carbocycles. The molecule has 0 saturated carbocycles. The topological polar surface area (TPSA) is 47.9 Å². The highest BCUT2D eigenvalue weighted by Gasteiger charge is 2.41. The molecular formula is C30H30O4. The standard InChI is InChI=1S/C30H30O4/c1-32-26-21-27(29(31)28(22-26)33-2)30(24-16-8-4-9-17-24,25-18-10-5-11-19-25)34-20-12-15-23-13-6-3-7-14-23/h3-11,13-14,16-19,21-22,31H,12,15,20H2,1-2H3. The molecule has 0 fully saturated rings. The highest BCUT2D eigenvalue weighted by molar-refractivity contribution is 5.60. The van der Waals surface area contributed by atoms with Gasteiger partial charge < -0.3 is 19.3 Å². The lowest BCUT2D eigenvalue weighted by Crippen LogP contribution is -2.33. The van der Waals surface area contributed by atoms with E-state index in [2.05, 4.69) is 24.3 Å². The van der Waals surface area contributed by atoms with E-state index in [0.29, 0.717) is 23.7 Å². The molecule has 34 heavy (non-hydrogen) atoms. The first-order valence-electron chi connectivity index (χ1n) is 11.4. The number of hydrogen-bond acceptors (Lipinski definition) is 4. The smallest absolute Gasteiger partial charge is 0.164 e. The van der Waals surface area contributed by atoms with Crippen molar-refractivity contribution in [1.82, 2.24) is 0 Å². The Kier molecular flexibility index (Phi) is 7.51. The molecule has 0 heterocycles. The van der Waals surface area contributed by atoms with E-state index >= 15 is 0 Å². The lowest BCUT2D eigenvalue weighted by molar-refractivity contribution is 0.00976. The van der Waals surface area contributed by atoms with Crippen LogP contribution in [-0.4, -0.2) is 25.9 Å². The van der Waals surface area contributed by atoms with Gasteiger partial charge in [-0.3, -0.25) is 0 Å². The monoisotopic (exact) mass is 454 g/mol. The Bertz CT molecular complexity index is 1140. The van der Waals surface area contributed by atoms with Gasteiger partial charge in [-0.1, -0.05) is 91.0 Å². The fraction of sp³-hybridized carbons (Fsp3) is 0.200. The molecule has 4 rings (SSSR count). The molecule has 1 N–H and O–H groups in total. The van der Waals surface area contributed by atoms with Crippen molar-refractivity contribution in [2.45, 2.75) is 18.4 Å². The van der Waals surface area contributed by atoms with Crippen molar-refractivity contribution < 1.29 is 19.3 Å². The molecule has 0 aliphatic rings. The fourth-order valence-electron chi connectivity index (χ4n) is 4.34. The minimum absolute atomic E-state index is 0.0269. The molecule has 0 atom stereocenters. The minimum atomic E-state index is -1.06. The molecule has 0 amide bonds. The summed E-state index contributed by atoms with van der Waals surface area (Å²) in [6, 6.07) is 33.8. The van der Waals surface area contributed by atoms with Gasteiger partial charge in [0, 0.05) is 18.2 Å². The van der Waals surface area contributed by atoms with E-state index in [4.69, 9.17) is 14.2 Å². The van der Waals surface area contributed by atoms with E-state index in [9.17, 15) is 5.11 Å². The van der Waals surface area contributed by atoms with Gasteiger partial charge in [-0.2, -0.15) is 0 Å². The van der Waals surface area contributed by atoms with Crippen molar-refractivity contribution in [3.8, 4) is 17.2 Å². The van der Waals surface area contributed by atoms with Gasteiger partial charge in [-0.15, -0.1) is 0 Å². The van der Waals surface area contributed by atoms with Crippen LogP contribution in [0.4, 0.5) is 0 Å². The zero-order chi connectivity index (χ0) is 23.8. The summed E-state index contributed by atoms with van der Waals surface area (Å²) < 4.78 is 17.9. The summed E-state index contributed by atoms with van der Waals surface area (Å²) in [7, 11) is 3.13. The third-order valence-corrected chi connectivity index (χ3v) is 6.02. The normalized spacial score (nSPS) is 11.2. The number of methoxy groups -OCH3 is 2. The maximum atomic E-state index is 11.3. The van der Waals surface area contributed by atoms with Gasteiger partial charge in [0.15, 0.2) is 11.5 Å². The number of ether oxygens (including phenoxy) is 3. The molecule has 4 aromatic rings. The van der Waals surface area contributed by atoms with Crippen molar-refractivity contribution in [2.24, 2.45) is 0 Å². The van der Waals surface area contributed by atoms with E-state index < -0.39 is 5.60 Å². The van der Waals surface area contributed by atoms with Gasteiger partial charge in [0.2, 0.25) is 0 Å². The average molecular weight is 455 g/mol. The summed E-state index contributed by atoms with van der Waals surface area (Å²) in [5.41, 5.74) is 2.59. The van der Waals surface area contributed by atoms with E-state index in [1.807, 2.05) is 72.8 Å². The summed E-state index contributed by atoms with van der Waals surface area (Å²) >= 11 is 0. The van der Waals surface area contributed by atoms with Crippen molar-refractivity contribution in [2.75, 3.05) is 20.8 Å². The van der Waals surface area contributed by atoms with Crippen LogP contribution in [0.5, 0.6) is 17.2 Å². The Morgan fingerprint density at radius 1 is 0.706 bits per heavy atom. The van der Waals surface area contributed by atoms with Gasteiger partial charge in [-0.25, -0.2) is 0 Å². The number of rotatable bonds is 10. The maximum Gasteiger partial charge on any atom is 0.164 e. The number of phenols is 1. The Labute approximate surface area is 201 Å². The maximum absolute atomic E-state index is 11.3. The van der Waals surface area contributed by atoms with E-state index in [1.54, 1.807) is 13.2 Å². The van der Waals surface area contributed by atoms with Crippen molar-refractivity contribution in [3.05, 3.63) is 125 Å². The predicted octanol–water partition coefficient (Wildman–Crippen LogP) is 6.35. The molecule has 0 aliphatic heterocycles. The first-order valence-corrected chi connectivity index (χ1v) is 11.4. The van der Waals surface area contributed by atoms with Gasteiger partial charge >= 0.3 is 0 Å².